The van der Waals surface area contributed by atoms with Crippen LogP contribution >= 0.6 is 0 Å². The summed E-state index contributed by atoms with van der Waals surface area (Å²) in [5.41, 5.74) is 2.09. The van der Waals surface area contributed by atoms with Crippen LogP contribution in [0.3, 0.4) is 0 Å². The molecule has 31 heavy (non-hydrogen) atoms. The molecular weight excluding hydrogens is 392 g/mol. The van der Waals surface area contributed by atoms with Gasteiger partial charge in [-0.25, -0.2) is 4.98 Å². The second kappa shape index (κ2) is 10.1. The molecule has 2 saturated heterocycles. The number of carbonyl (C=O) groups is 1. The minimum atomic E-state index is -0.0467. The number of hydrogen-bond acceptors (Lipinski definition) is 7. The van der Waals surface area contributed by atoms with Gasteiger partial charge < -0.3 is 19.9 Å². The normalized spacial score (nSPS) is 19.8. The average molecular weight is 425 g/mol. The van der Waals surface area contributed by atoms with E-state index in [2.05, 4.69) is 44.2 Å². The monoisotopic (exact) mass is 424 g/mol. The minimum absolute atomic E-state index is 0.0467. The van der Waals surface area contributed by atoms with Crippen LogP contribution in [0.1, 0.15) is 25.3 Å². The molecule has 2 aliphatic heterocycles. The van der Waals surface area contributed by atoms with Gasteiger partial charge in [-0.05, 0) is 43.1 Å². The molecule has 1 N–H and O–H groups in total. The van der Waals surface area contributed by atoms with E-state index < -0.39 is 0 Å². The zero-order valence-electron chi connectivity index (χ0n) is 18.5. The Morgan fingerprint density at radius 1 is 1.19 bits per heavy atom. The highest BCUT2D eigenvalue weighted by atomic mass is 16.5. The summed E-state index contributed by atoms with van der Waals surface area (Å²) in [4.78, 5) is 27.6. The number of piperidine rings is 1. The van der Waals surface area contributed by atoms with Crippen LogP contribution in [0, 0.1) is 0 Å². The van der Waals surface area contributed by atoms with E-state index >= 15 is 0 Å². The van der Waals surface area contributed by atoms with E-state index in [4.69, 9.17) is 9.72 Å². The quantitative estimate of drug-likeness (QED) is 0.763. The van der Waals surface area contributed by atoms with Crippen molar-refractivity contribution in [3.63, 3.8) is 0 Å². The van der Waals surface area contributed by atoms with Gasteiger partial charge >= 0.3 is 0 Å². The van der Waals surface area contributed by atoms with E-state index in [-0.39, 0.29) is 5.91 Å². The largest absolute Gasteiger partial charge is 0.378 e. The number of aromatic nitrogens is 2. The standard InChI is InChI=1S/C23H32N6O2/c1-18(30)25-20-7-5-19(6-8-20)16-28-11-3-4-21(17-28)27(2)23-24-10-9-22(26-23)29-12-14-31-15-13-29/h5-10,21H,3-4,11-17H2,1-2H3,(H,25,30). The lowest BCUT2D eigenvalue weighted by molar-refractivity contribution is -0.114. The SMILES string of the molecule is CC(=O)Nc1ccc(CN2CCCC(N(C)c3nccc(N4CCOCC4)n3)C2)cc1. The molecule has 166 valence electrons. The number of anilines is 3. The Labute approximate surface area is 184 Å². The van der Waals surface area contributed by atoms with Crippen molar-refractivity contribution in [3.05, 3.63) is 42.1 Å². The van der Waals surface area contributed by atoms with Crippen LogP contribution < -0.4 is 15.1 Å². The van der Waals surface area contributed by atoms with Crippen LogP contribution in [-0.2, 0) is 16.1 Å². The first-order valence-corrected chi connectivity index (χ1v) is 11.1. The number of rotatable bonds is 6. The lowest BCUT2D eigenvalue weighted by atomic mass is 10.0. The fourth-order valence-corrected chi connectivity index (χ4v) is 4.29. The molecule has 1 aromatic carbocycles. The van der Waals surface area contributed by atoms with E-state index in [1.54, 1.807) is 0 Å². The van der Waals surface area contributed by atoms with Crippen molar-refractivity contribution in [2.24, 2.45) is 0 Å². The molecule has 2 fully saturated rings. The first kappa shape index (κ1) is 21.5. The first-order valence-electron chi connectivity index (χ1n) is 11.1. The molecule has 8 heteroatoms. The van der Waals surface area contributed by atoms with Gasteiger partial charge in [0.25, 0.3) is 0 Å². The van der Waals surface area contributed by atoms with Crippen molar-refractivity contribution in [1.29, 1.82) is 0 Å². The Kier molecular flexibility index (Phi) is 6.99. The number of amides is 1. The van der Waals surface area contributed by atoms with Crippen LogP contribution in [0.15, 0.2) is 36.5 Å². The third kappa shape index (κ3) is 5.71. The predicted octanol–water partition coefficient (Wildman–Crippen LogP) is 2.37. The number of likely N-dealkylation sites (N-methyl/N-ethyl adjacent to an activating group) is 1. The van der Waals surface area contributed by atoms with Gasteiger partial charge in [-0.2, -0.15) is 4.98 Å². The topological polar surface area (TPSA) is 73.8 Å². The first-order chi connectivity index (χ1) is 15.1. The van der Waals surface area contributed by atoms with Crippen LogP contribution in [-0.4, -0.2) is 73.3 Å². The van der Waals surface area contributed by atoms with Crippen molar-refractivity contribution < 1.29 is 9.53 Å². The second-order valence-corrected chi connectivity index (χ2v) is 8.33. The summed E-state index contributed by atoms with van der Waals surface area (Å²) in [6, 6.07) is 10.5. The minimum Gasteiger partial charge on any atom is -0.378 e. The highest BCUT2D eigenvalue weighted by Gasteiger charge is 2.25. The van der Waals surface area contributed by atoms with E-state index in [0.29, 0.717) is 6.04 Å². The van der Waals surface area contributed by atoms with E-state index in [1.807, 2.05) is 24.4 Å². The maximum Gasteiger partial charge on any atom is 0.227 e. The predicted molar refractivity (Wildman–Crippen MR) is 123 cm³/mol. The van der Waals surface area contributed by atoms with Crippen molar-refractivity contribution in [1.82, 2.24) is 14.9 Å². The van der Waals surface area contributed by atoms with Crippen molar-refractivity contribution in [3.8, 4) is 0 Å². The lowest BCUT2D eigenvalue weighted by Gasteiger charge is -2.38. The van der Waals surface area contributed by atoms with Gasteiger partial charge in [0.05, 0.1) is 13.2 Å². The van der Waals surface area contributed by atoms with Crippen molar-refractivity contribution >= 4 is 23.4 Å². The molecule has 2 aliphatic rings. The Morgan fingerprint density at radius 2 is 1.97 bits per heavy atom. The van der Waals surface area contributed by atoms with Gasteiger partial charge in [0.15, 0.2) is 0 Å². The summed E-state index contributed by atoms with van der Waals surface area (Å²) in [6.07, 6.45) is 4.16. The van der Waals surface area contributed by atoms with Crippen molar-refractivity contribution in [2.45, 2.75) is 32.4 Å². The van der Waals surface area contributed by atoms with E-state index in [1.165, 1.54) is 12.5 Å². The summed E-state index contributed by atoms with van der Waals surface area (Å²) >= 11 is 0. The van der Waals surface area contributed by atoms with Gasteiger partial charge in [-0.1, -0.05) is 12.1 Å². The molecular formula is C23H32N6O2. The Bertz CT molecular complexity index is 869. The molecule has 0 saturated carbocycles. The van der Waals surface area contributed by atoms with Gasteiger partial charge in [0, 0.05) is 58.1 Å². The molecule has 1 atom stereocenters. The Balaban J connectivity index is 1.37. The summed E-state index contributed by atoms with van der Waals surface area (Å²) in [5, 5.41) is 2.82. The number of nitrogens with one attached hydrogen (secondary N) is 1. The maximum absolute atomic E-state index is 11.2. The molecule has 4 rings (SSSR count). The number of morpholine rings is 1. The zero-order valence-corrected chi connectivity index (χ0v) is 18.5. The fourth-order valence-electron chi connectivity index (χ4n) is 4.29. The molecule has 1 amide bonds. The summed E-state index contributed by atoms with van der Waals surface area (Å²) in [6.45, 7) is 7.74. The smallest absolute Gasteiger partial charge is 0.227 e. The second-order valence-electron chi connectivity index (χ2n) is 8.33. The molecule has 0 spiro atoms. The highest BCUT2D eigenvalue weighted by Crippen LogP contribution is 2.22. The van der Waals surface area contributed by atoms with Gasteiger partial charge in [-0.15, -0.1) is 0 Å². The van der Waals surface area contributed by atoms with Crippen LogP contribution in [0.5, 0.6) is 0 Å². The van der Waals surface area contributed by atoms with Crippen LogP contribution in [0.2, 0.25) is 0 Å². The third-order valence-electron chi connectivity index (χ3n) is 5.99. The maximum atomic E-state index is 11.2. The number of likely N-dealkylation sites (tertiary alicyclic amines) is 1. The van der Waals surface area contributed by atoms with Crippen LogP contribution in [0.4, 0.5) is 17.5 Å². The zero-order chi connectivity index (χ0) is 21.6. The molecule has 0 aliphatic carbocycles. The Hall–Kier alpha value is -2.71. The van der Waals surface area contributed by atoms with Crippen molar-refractivity contribution in [2.75, 3.05) is 61.6 Å². The van der Waals surface area contributed by atoms with Crippen LogP contribution in [0.25, 0.3) is 0 Å². The fraction of sp³-hybridized carbons (Fsp3) is 0.522. The van der Waals surface area contributed by atoms with Gasteiger partial charge in [0.2, 0.25) is 11.9 Å². The number of nitrogens with zero attached hydrogens (tertiary/aromatic N) is 5. The molecule has 0 radical (unpaired) electrons. The highest BCUT2D eigenvalue weighted by molar-refractivity contribution is 5.88. The molecule has 0 bridgehead atoms. The summed E-state index contributed by atoms with van der Waals surface area (Å²) < 4.78 is 5.46. The summed E-state index contributed by atoms with van der Waals surface area (Å²) in [7, 11) is 2.11. The number of ether oxygens (including phenoxy) is 1. The number of hydrogen-bond donors (Lipinski definition) is 1. The third-order valence-corrected chi connectivity index (χ3v) is 5.99. The molecule has 3 heterocycles. The Morgan fingerprint density at radius 3 is 2.71 bits per heavy atom. The molecule has 1 unspecified atom stereocenters. The van der Waals surface area contributed by atoms with E-state index in [9.17, 15) is 4.79 Å². The number of benzene rings is 1. The summed E-state index contributed by atoms with van der Waals surface area (Å²) in [5.74, 6) is 1.72. The average Bonchev–Trinajstić information content (AvgIpc) is 2.80. The molecule has 1 aromatic heterocycles. The molecule has 2 aromatic rings. The van der Waals surface area contributed by atoms with Gasteiger partial charge in [-0.3, -0.25) is 9.69 Å². The van der Waals surface area contributed by atoms with Gasteiger partial charge in [0.1, 0.15) is 5.82 Å². The lowest BCUT2D eigenvalue weighted by Crippen LogP contribution is -2.47. The molecule has 8 nitrogen and oxygen atoms in total. The number of carbonyl (C=O) groups excluding carboxylic acids is 1. The van der Waals surface area contributed by atoms with E-state index in [0.717, 1.165) is 76.2 Å².